The van der Waals surface area contributed by atoms with Gasteiger partial charge in [-0.1, -0.05) is 13.8 Å². The summed E-state index contributed by atoms with van der Waals surface area (Å²) in [6.07, 6.45) is 3.65. The van der Waals surface area contributed by atoms with Crippen molar-refractivity contribution < 1.29 is 4.79 Å². The minimum atomic E-state index is -0.156. The normalized spacial score (nSPS) is 10.4. The first-order valence-electron chi connectivity index (χ1n) is 5.59. The van der Waals surface area contributed by atoms with Gasteiger partial charge >= 0.3 is 0 Å². The highest BCUT2D eigenvalue weighted by Gasteiger charge is 2.06. The fourth-order valence-electron chi connectivity index (χ4n) is 1.37. The van der Waals surface area contributed by atoms with Crippen molar-refractivity contribution in [2.24, 2.45) is 5.92 Å². The molecule has 0 saturated carbocycles. The molecule has 16 heavy (non-hydrogen) atoms. The fourth-order valence-corrected chi connectivity index (χ4v) is 1.37. The van der Waals surface area contributed by atoms with Gasteiger partial charge in [0.1, 0.15) is 5.69 Å². The number of hydrogen-bond acceptors (Lipinski definition) is 3. The molecule has 1 rings (SSSR count). The molecule has 0 atom stereocenters. The Balaban J connectivity index is 2.35. The number of amides is 1. The van der Waals surface area contributed by atoms with E-state index in [4.69, 9.17) is 5.73 Å². The molecule has 0 aliphatic rings. The lowest BCUT2D eigenvalue weighted by molar-refractivity contribution is 0.0947. The third-order valence-corrected chi connectivity index (χ3v) is 2.26. The van der Waals surface area contributed by atoms with Gasteiger partial charge < -0.3 is 11.1 Å². The summed E-state index contributed by atoms with van der Waals surface area (Å²) in [6.45, 7) is 5.02. The maximum absolute atomic E-state index is 11.6. The standard InChI is InChI=1S/C12H19N3O/c1-9(2)4-3-6-15-12(16)11-8-10(13)5-7-14-11/h5,7-9H,3-4,6H2,1-2H3,(H2,13,14)(H,15,16). The minimum absolute atomic E-state index is 0.156. The van der Waals surface area contributed by atoms with E-state index in [1.165, 1.54) is 0 Å². The molecular weight excluding hydrogens is 202 g/mol. The first-order chi connectivity index (χ1) is 7.59. The molecule has 0 aliphatic heterocycles. The Kier molecular flexibility index (Phi) is 4.76. The quantitative estimate of drug-likeness (QED) is 0.745. The van der Waals surface area contributed by atoms with Crippen LogP contribution in [-0.2, 0) is 0 Å². The Hall–Kier alpha value is -1.58. The maximum atomic E-state index is 11.6. The van der Waals surface area contributed by atoms with Crippen LogP contribution in [0, 0.1) is 5.92 Å². The highest BCUT2D eigenvalue weighted by atomic mass is 16.1. The van der Waals surface area contributed by atoms with Gasteiger partial charge in [0.2, 0.25) is 0 Å². The largest absolute Gasteiger partial charge is 0.399 e. The predicted molar refractivity (Wildman–Crippen MR) is 65.1 cm³/mol. The van der Waals surface area contributed by atoms with Crippen LogP contribution in [-0.4, -0.2) is 17.4 Å². The summed E-state index contributed by atoms with van der Waals surface area (Å²) >= 11 is 0. The summed E-state index contributed by atoms with van der Waals surface area (Å²) in [4.78, 5) is 15.6. The molecule has 1 aromatic heterocycles. The number of nitrogens with zero attached hydrogens (tertiary/aromatic N) is 1. The molecule has 0 spiro atoms. The van der Waals surface area contributed by atoms with E-state index in [-0.39, 0.29) is 5.91 Å². The number of pyridine rings is 1. The monoisotopic (exact) mass is 221 g/mol. The van der Waals surface area contributed by atoms with E-state index in [0.29, 0.717) is 23.8 Å². The zero-order chi connectivity index (χ0) is 12.0. The third-order valence-electron chi connectivity index (χ3n) is 2.26. The van der Waals surface area contributed by atoms with Crippen molar-refractivity contribution in [1.29, 1.82) is 0 Å². The van der Waals surface area contributed by atoms with Crippen LogP contribution in [0.4, 0.5) is 5.69 Å². The van der Waals surface area contributed by atoms with Crippen LogP contribution in [0.25, 0.3) is 0 Å². The molecule has 3 N–H and O–H groups in total. The Morgan fingerprint density at radius 2 is 2.31 bits per heavy atom. The summed E-state index contributed by atoms with van der Waals surface area (Å²) in [7, 11) is 0. The fraction of sp³-hybridized carbons (Fsp3) is 0.500. The molecule has 0 saturated heterocycles. The van der Waals surface area contributed by atoms with Crippen molar-refractivity contribution in [3.8, 4) is 0 Å². The van der Waals surface area contributed by atoms with Crippen molar-refractivity contribution in [2.45, 2.75) is 26.7 Å². The molecule has 1 heterocycles. The summed E-state index contributed by atoms with van der Waals surface area (Å²) in [5.41, 5.74) is 6.51. The molecule has 1 amide bonds. The van der Waals surface area contributed by atoms with Crippen molar-refractivity contribution in [3.05, 3.63) is 24.0 Å². The summed E-state index contributed by atoms with van der Waals surface area (Å²) in [6, 6.07) is 3.24. The average Bonchev–Trinajstić information content (AvgIpc) is 2.24. The first kappa shape index (κ1) is 12.5. The van der Waals surface area contributed by atoms with Crippen molar-refractivity contribution in [1.82, 2.24) is 10.3 Å². The summed E-state index contributed by atoms with van der Waals surface area (Å²) in [5, 5.41) is 2.82. The molecular formula is C12H19N3O. The van der Waals surface area contributed by atoms with E-state index in [0.717, 1.165) is 12.8 Å². The molecule has 0 aliphatic carbocycles. The van der Waals surface area contributed by atoms with E-state index < -0.39 is 0 Å². The number of carbonyl (C=O) groups is 1. The Morgan fingerprint density at radius 3 is 2.94 bits per heavy atom. The lowest BCUT2D eigenvalue weighted by atomic mass is 10.1. The van der Waals surface area contributed by atoms with Crippen LogP contribution in [0.1, 0.15) is 37.2 Å². The minimum Gasteiger partial charge on any atom is -0.399 e. The second-order valence-electron chi connectivity index (χ2n) is 4.27. The van der Waals surface area contributed by atoms with E-state index >= 15 is 0 Å². The molecule has 88 valence electrons. The van der Waals surface area contributed by atoms with Gasteiger partial charge in [0.15, 0.2) is 0 Å². The van der Waals surface area contributed by atoms with E-state index in [9.17, 15) is 4.79 Å². The highest BCUT2D eigenvalue weighted by molar-refractivity contribution is 5.92. The smallest absolute Gasteiger partial charge is 0.269 e. The molecule has 0 aromatic carbocycles. The first-order valence-corrected chi connectivity index (χ1v) is 5.59. The number of nitrogens with two attached hydrogens (primary N) is 1. The molecule has 0 fully saturated rings. The lowest BCUT2D eigenvalue weighted by Crippen LogP contribution is -2.25. The van der Waals surface area contributed by atoms with Gasteiger partial charge in [-0.3, -0.25) is 9.78 Å². The van der Waals surface area contributed by atoms with Gasteiger partial charge in [-0.25, -0.2) is 0 Å². The van der Waals surface area contributed by atoms with E-state index in [1.807, 2.05) is 0 Å². The van der Waals surface area contributed by atoms with E-state index in [1.54, 1.807) is 18.3 Å². The predicted octanol–water partition coefficient (Wildman–Crippen LogP) is 1.83. The van der Waals surface area contributed by atoms with E-state index in [2.05, 4.69) is 24.1 Å². The summed E-state index contributed by atoms with van der Waals surface area (Å²) in [5.74, 6) is 0.512. The Bertz CT molecular complexity index is 350. The van der Waals surface area contributed by atoms with Crippen molar-refractivity contribution >= 4 is 11.6 Å². The SMILES string of the molecule is CC(C)CCCNC(=O)c1cc(N)ccn1. The topological polar surface area (TPSA) is 68.0 Å². The van der Waals surface area contributed by atoms with Gasteiger partial charge in [0.05, 0.1) is 0 Å². The molecule has 1 aromatic rings. The number of aromatic nitrogens is 1. The molecule has 4 nitrogen and oxygen atoms in total. The molecule has 0 radical (unpaired) electrons. The second-order valence-corrected chi connectivity index (χ2v) is 4.27. The summed E-state index contributed by atoms with van der Waals surface area (Å²) < 4.78 is 0. The maximum Gasteiger partial charge on any atom is 0.269 e. The molecule has 0 bridgehead atoms. The number of carbonyl (C=O) groups excluding carboxylic acids is 1. The highest BCUT2D eigenvalue weighted by Crippen LogP contribution is 2.04. The lowest BCUT2D eigenvalue weighted by Gasteiger charge is -2.06. The average molecular weight is 221 g/mol. The van der Waals surface area contributed by atoms with Crippen LogP contribution >= 0.6 is 0 Å². The van der Waals surface area contributed by atoms with Crippen LogP contribution in [0.5, 0.6) is 0 Å². The van der Waals surface area contributed by atoms with Crippen LogP contribution < -0.4 is 11.1 Å². The number of nitrogen functional groups attached to an aromatic ring is 1. The zero-order valence-electron chi connectivity index (χ0n) is 9.86. The van der Waals surface area contributed by atoms with Crippen molar-refractivity contribution in [3.63, 3.8) is 0 Å². The third kappa shape index (κ3) is 4.29. The molecule has 0 unspecified atom stereocenters. The van der Waals surface area contributed by atoms with Gasteiger partial charge in [0.25, 0.3) is 5.91 Å². The number of anilines is 1. The zero-order valence-corrected chi connectivity index (χ0v) is 9.86. The van der Waals surface area contributed by atoms with Gasteiger partial charge in [-0.05, 0) is 30.9 Å². The second kappa shape index (κ2) is 6.10. The van der Waals surface area contributed by atoms with Gasteiger partial charge in [-0.15, -0.1) is 0 Å². The van der Waals surface area contributed by atoms with Crippen molar-refractivity contribution in [2.75, 3.05) is 12.3 Å². The van der Waals surface area contributed by atoms with Crippen LogP contribution in [0.2, 0.25) is 0 Å². The van der Waals surface area contributed by atoms with Gasteiger partial charge in [0, 0.05) is 18.4 Å². The van der Waals surface area contributed by atoms with Crippen LogP contribution in [0.15, 0.2) is 18.3 Å². The number of nitrogens with one attached hydrogen (secondary N) is 1. The van der Waals surface area contributed by atoms with Gasteiger partial charge in [-0.2, -0.15) is 0 Å². The Labute approximate surface area is 96.3 Å². The number of hydrogen-bond donors (Lipinski definition) is 2. The Morgan fingerprint density at radius 1 is 1.56 bits per heavy atom. The van der Waals surface area contributed by atoms with Crippen LogP contribution in [0.3, 0.4) is 0 Å². The molecule has 4 heteroatoms. The number of rotatable bonds is 5.